The van der Waals surface area contributed by atoms with Crippen molar-refractivity contribution in [2.24, 2.45) is 0 Å². The first-order valence-corrected chi connectivity index (χ1v) is 11.2. The minimum atomic E-state index is -0.131. The molecule has 0 spiro atoms. The first kappa shape index (κ1) is 21.8. The molecule has 0 radical (unpaired) electrons. The van der Waals surface area contributed by atoms with Crippen LogP contribution >= 0.6 is 0 Å². The highest BCUT2D eigenvalue weighted by molar-refractivity contribution is 5.95. The Hall–Kier alpha value is -1.92. The standard InChI is InChI=1S/C23H36N4O2/c1-3-12-27(17-22(28)24-21-9-5-4-8-19(21)2)23(29)18-25-15-10-20(11-16-25)26-13-6-7-14-26/h4-5,8-9,20H,3,6-7,10-18H2,1-2H3,(H,24,28). The van der Waals surface area contributed by atoms with Crippen molar-refractivity contribution in [2.45, 2.75) is 52.0 Å². The second kappa shape index (κ2) is 10.7. The maximum atomic E-state index is 12.9. The molecule has 1 aromatic carbocycles. The van der Waals surface area contributed by atoms with Gasteiger partial charge in [-0.2, -0.15) is 0 Å². The van der Waals surface area contributed by atoms with Crippen molar-refractivity contribution in [3.8, 4) is 0 Å². The summed E-state index contributed by atoms with van der Waals surface area (Å²) in [7, 11) is 0. The summed E-state index contributed by atoms with van der Waals surface area (Å²) < 4.78 is 0. The number of amides is 2. The van der Waals surface area contributed by atoms with Gasteiger partial charge in [-0.1, -0.05) is 25.1 Å². The maximum absolute atomic E-state index is 12.9. The molecule has 0 unspecified atom stereocenters. The second-order valence-electron chi connectivity index (χ2n) is 8.43. The predicted octanol–water partition coefficient (Wildman–Crippen LogP) is 2.73. The van der Waals surface area contributed by atoms with E-state index in [4.69, 9.17) is 0 Å². The van der Waals surface area contributed by atoms with Gasteiger partial charge in [0.1, 0.15) is 0 Å². The number of benzene rings is 1. The molecule has 2 aliphatic rings. The van der Waals surface area contributed by atoms with Crippen molar-refractivity contribution in [3.63, 3.8) is 0 Å². The second-order valence-corrected chi connectivity index (χ2v) is 8.43. The number of carbonyl (C=O) groups excluding carboxylic acids is 2. The summed E-state index contributed by atoms with van der Waals surface area (Å²) in [6.07, 6.45) is 5.80. The number of hydrogen-bond acceptors (Lipinski definition) is 4. The van der Waals surface area contributed by atoms with Gasteiger partial charge in [0.2, 0.25) is 11.8 Å². The molecule has 0 saturated carbocycles. The summed E-state index contributed by atoms with van der Waals surface area (Å²) in [4.78, 5) is 32.0. The van der Waals surface area contributed by atoms with Gasteiger partial charge in [0, 0.05) is 31.4 Å². The zero-order valence-corrected chi connectivity index (χ0v) is 18.0. The van der Waals surface area contributed by atoms with E-state index in [1.54, 1.807) is 4.90 Å². The number of hydrogen-bond donors (Lipinski definition) is 1. The number of nitrogens with zero attached hydrogens (tertiary/aromatic N) is 3. The average molecular weight is 401 g/mol. The lowest BCUT2D eigenvalue weighted by Crippen LogP contribution is -2.48. The summed E-state index contributed by atoms with van der Waals surface area (Å²) in [5.41, 5.74) is 1.83. The molecule has 2 fully saturated rings. The van der Waals surface area contributed by atoms with E-state index in [0.717, 1.165) is 43.6 Å². The zero-order chi connectivity index (χ0) is 20.6. The van der Waals surface area contributed by atoms with Crippen molar-refractivity contribution in [2.75, 3.05) is 51.1 Å². The normalized spacial score (nSPS) is 18.7. The molecular weight excluding hydrogens is 364 g/mol. The molecule has 1 aromatic rings. The minimum absolute atomic E-state index is 0.0615. The number of anilines is 1. The molecule has 2 heterocycles. The third kappa shape index (κ3) is 6.28. The van der Waals surface area contributed by atoms with Gasteiger partial charge < -0.3 is 15.1 Å². The molecule has 2 aliphatic heterocycles. The summed E-state index contributed by atoms with van der Waals surface area (Å²) in [6, 6.07) is 8.41. The first-order chi connectivity index (χ1) is 14.1. The minimum Gasteiger partial charge on any atom is -0.332 e. The highest BCUT2D eigenvalue weighted by Crippen LogP contribution is 2.21. The lowest BCUT2D eigenvalue weighted by Gasteiger charge is -2.37. The average Bonchev–Trinajstić information content (AvgIpc) is 3.25. The van der Waals surface area contributed by atoms with Crippen molar-refractivity contribution >= 4 is 17.5 Å². The first-order valence-electron chi connectivity index (χ1n) is 11.2. The van der Waals surface area contributed by atoms with Gasteiger partial charge >= 0.3 is 0 Å². The van der Waals surface area contributed by atoms with E-state index in [1.165, 1.54) is 25.9 Å². The largest absolute Gasteiger partial charge is 0.332 e. The van der Waals surface area contributed by atoms with Crippen LogP contribution in [0.4, 0.5) is 5.69 Å². The van der Waals surface area contributed by atoms with Crippen molar-refractivity contribution in [1.82, 2.24) is 14.7 Å². The molecule has 29 heavy (non-hydrogen) atoms. The fourth-order valence-electron chi connectivity index (χ4n) is 4.48. The van der Waals surface area contributed by atoms with Gasteiger partial charge in [0.15, 0.2) is 0 Å². The Morgan fingerprint density at radius 3 is 2.45 bits per heavy atom. The molecule has 1 N–H and O–H groups in total. The van der Waals surface area contributed by atoms with Crippen LogP contribution < -0.4 is 5.32 Å². The van der Waals surface area contributed by atoms with Crippen LogP contribution in [0.25, 0.3) is 0 Å². The zero-order valence-electron chi connectivity index (χ0n) is 18.0. The van der Waals surface area contributed by atoms with Crippen LogP contribution in [0.1, 0.15) is 44.6 Å². The van der Waals surface area contributed by atoms with Crippen LogP contribution in [-0.2, 0) is 9.59 Å². The topological polar surface area (TPSA) is 55.9 Å². The molecule has 2 amide bonds. The Kier molecular flexibility index (Phi) is 8.07. The molecular formula is C23H36N4O2. The number of carbonyl (C=O) groups is 2. The predicted molar refractivity (Wildman–Crippen MR) is 117 cm³/mol. The van der Waals surface area contributed by atoms with Crippen LogP contribution in [0.5, 0.6) is 0 Å². The Bertz CT molecular complexity index is 679. The molecule has 0 aliphatic carbocycles. The lowest BCUT2D eigenvalue weighted by atomic mass is 10.0. The molecule has 3 rings (SSSR count). The molecule has 0 aromatic heterocycles. The summed E-state index contributed by atoms with van der Waals surface area (Å²) in [5.74, 6) is -0.0692. The SMILES string of the molecule is CCCN(CC(=O)Nc1ccccc1C)C(=O)CN1CCC(N2CCCC2)CC1. The van der Waals surface area contributed by atoms with Crippen molar-refractivity contribution in [1.29, 1.82) is 0 Å². The smallest absolute Gasteiger partial charge is 0.244 e. The van der Waals surface area contributed by atoms with Gasteiger partial charge in [-0.25, -0.2) is 0 Å². The van der Waals surface area contributed by atoms with Crippen LogP contribution in [0.2, 0.25) is 0 Å². The van der Waals surface area contributed by atoms with E-state index in [2.05, 4.69) is 15.1 Å². The van der Waals surface area contributed by atoms with E-state index in [-0.39, 0.29) is 18.4 Å². The number of aryl methyl sites for hydroxylation is 1. The van der Waals surface area contributed by atoms with Crippen LogP contribution in [-0.4, -0.2) is 78.4 Å². The van der Waals surface area contributed by atoms with Gasteiger partial charge in [-0.05, 0) is 63.7 Å². The van der Waals surface area contributed by atoms with Crippen LogP contribution in [0.15, 0.2) is 24.3 Å². The highest BCUT2D eigenvalue weighted by Gasteiger charge is 2.28. The van der Waals surface area contributed by atoms with Crippen LogP contribution in [0, 0.1) is 6.92 Å². The highest BCUT2D eigenvalue weighted by atomic mass is 16.2. The van der Waals surface area contributed by atoms with Gasteiger partial charge in [-0.3, -0.25) is 14.5 Å². The van der Waals surface area contributed by atoms with Crippen LogP contribution in [0.3, 0.4) is 0 Å². The molecule has 0 bridgehead atoms. The number of piperidine rings is 1. The third-order valence-corrected chi connectivity index (χ3v) is 6.17. The van der Waals surface area contributed by atoms with Crippen molar-refractivity contribution < 1.29 is 9.59 Å². The summed E-state index contributed by atoms with van der Waals surface area (Å²) in [6.45, 7) is 9.59. The maximum Gasteiger partial charge on any atom is 0.244 e. The monoisotopic (exact) mass is 400 g/mol. The third-order valence-electron chi connectivity index (χ3n) is 6.17. The fraction of sp³-hybridized carbons (Fsp3) is 0.652. The number of rotatable bonds is 8. The molecule has 6 nitrogen and oxygen atoms in total. The molecule has 6 heteroatoms. The van der Waals surface area contributed by atoms with E-state index in [1.807, 2.05) is 38.1 Å². The Balaban J connectivity index is 1.47. The number of likely N-dealkylation sites (tertiary alicyclic amines) is 2. The Labute approximate surface area is 175 Å². The quantitative estimate of drug-likeness (QED) is 0.729. The molecule has 0 atom stereocenters. The number of nitrogens with one attached hydrogen (secondary N) is 1. The van der Waals surface area contributed by atoms with E-state index >= 15 is 0 Å². The van der Waals surface area contributed by atoms with Gasteiger partial charge in [0.05, 0.1) is 13.1 Å². The van der Waals surface area contributed by atoms with Crippen molar-refractivity contribution in [3.05, 3.63) is 29.8 Å². The summed E-state index contributed by atoms with van der Waals surface area (Å²) in [5, 5.41) is 2.94. The Morgan fingerprint density at radius 2 is 1.79 bits per heavy atom. The lowest BCUT2D eigenvalue weighted by molar-refractivity contribution is -0.136. The van der Waals surface area contributed by atoms with E-state index in [0.29, 0.717) is 19.1 Å². The van der Waals surface area contributed by atoms with E-state index < -0.39 is 0 Å². The fourth-order valence-corrected chi connectivity index (χ4v) is 4.48. The van der Waals surface area contributed by atoms with E-state index in [9.17, 15) is 9.59 Å². The molecule has 160 valence electrons. The summed E-state index contributed by atoms with van der Waals surface area (Å²) >= 11 is 0. The molecule has 2 saturated heterocycles. The van der Waals surface area contributed by atoms with Gasteiger partial charge in [0.25, 0.3) is 0 Å². The Morgan fingerprint density at radius 1 is 1.10 bits per heavy atom. The van der Waals surface area contributed by atoms with Gasteiger partial charge in [-0.15, -0.1) is 0 Å². The number of para-hydroxylation sites is 1.